The van der Waals surface area contributed by atoms with Gasteiger partial charge in [0.05, 0.1) is 0 Å². The van der Waals surface area contributed by atoms with Gasteiger partial charge in [0.15, 0.2) is 0 Å². The largest absolute Gasteiger partial charge is 0.357 e. The second-order valence-corrected chi connectivity index (χ2v) is 2.71. The summed E-state index contributed by atoms with van der Waals surface area (Å²) in [7, 11) is 0. The van der Waals surface area contributed by atoms with Crippen molar-refractivity contribution in [1.29, 1.82) is 0 Å². The Morgan fingerprint density at radius 3 is 2.50 bits per heavy atom. The van der Waals surface area contributed by atoms with E-state index in [9.17, 15) is 9.59 Å². The number of amides is 2. The van der Waals surface area contributed by atoms with E-state index in [-0.39, 0.29) is 0 Å². The van der Waals surface area contributed by atoms with E-state index in [2.05, 4.69) is 5.32 Å². The van der Waals surface area contributed by atoms with Crippen LogP contribution in [-0.2, 0) is 9.59 Å². The van der Waals surface area contributed by atoms with Crippen molar-refractivity contribution in [2.45, 2.75) is 0 Å². The molecule has 4 heteroatoms. The van der Waals surface area contributed by atoms with Crippen LogP contribution in [0.15, 0.2) is 30.3 Å². The molecule has 0 aliphatic rings. The maximum absolute atomic E-state index is 10.7. The molecular weight excluding hydrogens is 180 g/mol. The van der Waals surface area contributed by atoms with E-state index >= 15 is 0 Å². The Hall–Kier alpha value is -1.84. The first kappa shape index (κ1) is 10.2. The zero-order chi connectivity index (χ0) is 10.2. The molecule has 0 spiro atoms. The Morgan fingerprint density at radius 2 is 1.93 bits per heavy atom. The molecule has 74 valence electrons. The summed E-state index contributed by atoms with van der Waals surface area (Å²) in [5.41, 5.74) is 0.829. The van der Waals surface area contributed by atoms with Crippen LogP contribution in [0.1, 0.15) is 0 Å². The number of benzene rings is 1. The number of nitrogens with one attached hydrogen (secondary N) is 1. The molecule has 0 heterocycles. The Labute approximate surface area is 82.5 Å². The summed E-state index contributed by atoms with van der Waals surface area (Å²) < 4.78 is 0. The highest BCUT2D eigenvalue weighted by atomic mass is 16.1. The van der Waals surface area contributed by atoms with Crippen LogP contribution in [0.3, 0.4) is 0 Å². The third-order valence-corrected chi connectivity index (χ3v) is 1.80. The molecule has 1 N–H and O–H groups in total. The topological polar surface area (TPSA) is 49.4 Å². The van der Waals surface area contributed by atoms with Gasteiger partial charge in [-0.1, -0.05) is 18.2 Å². The molecule has 0 aromatic heterocycles. The molecule has 0 saturated heterocycles. The smallest absolute Gasteiger partial charge is 0.214 e. The molecule has 0 saturated carbocycles. The summed E-state index contributed by atoms with van der Waals surface area (Å²) in [6.45, 7) is 0.934. The number of anilines is 1. The van der Waals surface area contributed by atoms with Gasteiger partial charge >= 0.3 is 0 Å². The summed E-state index contributed by atoms with van der Waals surface area (Å²) in [6.07, 6.45) is 1.37. The quantitative estimate of drug-likeness (QED) is 0.523. The van der Waals surface area contributed by atoms with E-state index in [0.29, 0.717) is 19.5 Å². The molecule has 2 amide bonds. The molecule has 0 atom stereocenters. The first-order valence-electron chi connectivity index (χ1n) is 4.32. The van der Waals surface area contributed by atoms with Crippen LogP contribution >= 0.6 is 0 Å². The van der Waals surface area contributed by atoms with Gasteiger partial charge < -0.3 is 10.2 Å². The van der Waals surface area contributed by atoms with Crippen molar-refractivity contribution in [1.82, 2.24) is 5.32 Å². The Bertz CT molecular complexity index is 287. The predicted octanol–water partition coefficient (Wildman–Crippen LogP) is 0.395. The molecule has 0 fully saturated rings. The molecule has 0 unspecified atom stereocenters. The fourth-order valence-corrected chi connectivity index (χ4v) is 1.11. The Kier molecular flexibility index (Phi) is 4.20. The van der Waals surface area contributed by atoms with Gasteiger partial charge in [0.2, 0.25) is 12.8 Å². The van der Waals surface area contributed by atoms with Crippen LogP contribution in [0.25, 0.3) is 0 Å². The van der Waals surface area contributed by atoms with E-state index in [0.717, 1.165) is 12.1 Å². The first-order chi connectivity index (χ1) is 6.88. The van der Waals surface area contributed by atoms with Gasteiger partial charge in [0.1, 0.15) is 0 Å². The average molecular weight is 192 g/mol. The van der Waals surface area contributed by atoms with Gasteiger partial charge in [-0.15, -0.1) is 0 Å². The van der Waals surface area contributed by atoms with Gasteiger partial charge in [0, 0.05) is 18.8 Å². The van der Waals surface area contributed by atoms with Crippen LogP contribution in [-0.4, -0.2) is 25.9 Å². The van der Waals surface area contributed by atoms with Crippen molar-refractivity contribution in [3.63, 3.8) is 0 Å². The normalized spacial score (nSPS) is 9.14. The number of para-hydroxylation sites is 1. The van der Waals surface area contributed by atoms with Gasteiger partial charge in [-0.05, 0) is 12.1 Å². The van der Waals surface area contributed by atoms with Crippen LogP contribution in [0.4, 0.5) is 5.69 Å². The minimum atomic E-state index is 0.455. The van der Waals surface area contributed by atoms with Crippen molar-refractivity contribution >= 4 is 18.5 Å². The maximum atomic E-state index is 10.7. The summed E-state index contributed by atoms with van der Waals surface area (Å²) in [5, 5.41) is 2.50. The first-order valence-corrected chi connectivity index (χ1v) is 4.32. The average Bonchev–Trinajstić information content (AvgIpc) is 2.26. The molecule has 1 aromatic carbocycles. The van der Waals surface area contributed by atoms with Crippen LogP contribution in [0.5, 0.6) is 0 Å². The summed E-state index contributed by atoms with van der Waals surface area (Å²) in [5.74, 6) is 0. The second kappa shape index (κ2) is 5.75. The highest BCUT2D eigenvalue weighted by Crippen LogP contribution is 2.09. The van der Waals surface area contributed by atoms with Crippen molar-refractivity contribution in [3.05, 3.63) is 30.3 Å². The molecular formula is C10H12N2O2. The molecule has 0 bridgehead atoms. The van der Waals surface area contributed by atoms with E-state index in [1.807, 2.05) is 30.3 Å². The van der Waals surface area contributed by atoms with Crippen LogP contribution in [0, 0.1) is 0 Å². The number of nitrogens with zero attached hydrogens (tertiary/aromatic N) is 1. The second-order valence-electron chi connectivity index (χ2n) is 2.71. The summed E-state index contributed by atoms with van der Waals surface area (Å²) >= 11 is 0. The van der Waals surface area contributed by atoms with Crippen molar-refractivity contribution in [3.8, 4) is 0 Å². The van der Waals surface area contributed by atoms with Crippen molar-refractivity contribution < 1.29 is 9.59 Å². The molecule has 1 rings (SSSR count). The van der Waals surface area contributed by atoms with E-state index in [1.165, 1.54) is 4.90 Å². The highest BCUT2D eigenvalue weighted by Gasteiger charge is 2.02. The third-order valence-electron chi connectivity index (χ3n) is 1.80. The number of hydrogen-bond donors (Lipinski definition) is 1. The monoisotopic (exact) mass is 192 g/mol. The zero-order valence-electron chi connectivity index (χ0n) is 7.72. The summed E-state index contributed by atoms with van der Waals surface area (Å²) in [6, 6.07) is 9.29. The predicted molar refractivity (Wildman–Crippen MR) is 53.9 cm³/mol. The molecule has 4 nitrogen and oxygen atoms in total. The summed E-state index contributed by atoms with van der Waals surface area (Å²) in [4.78, 5) is 22.2. The molecule has 0 radical (unpaired) electrons. The van der Waals surface area contributed by atoms with Gasteiger partial charge in [-0.2, -0.15) is 0 Å². The number of rotatable bonds is 6. The Balaban J connectivity index is 2.54. The van der Waals surface area contributed by atoms with Crippen LogP contribution < -0.4 is 10.2 Å². The Morgan fingerprint density at radius 1 is 1.21 bits per heavy atom. The SMILES string of the molecule is O=CNCCN(C=O)c1ccccc1. The van der Waals surface area contributed by atoms with E-state index < -0.39 is 0 Å². The molecule has 1 aromatic rings. The lowest BCUT2D eigenvalue weighted by atomic mass is 10.3. The van der Waals surface area contributed by atoms with Crippen LogP contribution in [0.2, 0.25) is 0 Å². The lowest BCUT2D eigenvalue weighted by Crippen LogP contribution is -2.30. The molecule has 0 aliphatic carbocycles. The molecule has 14 heavy (non-hydrogen) atoms. The highest BCUT2D eigenvalue weighted by molar-refractivity contribution is 5.74. The van der Waals surface area contributed by atoms with Gasteiger partial charge in [-0.25, -0.2) is 0 Å². The number of carbonyl (C=O) groups is 2. The minimum Gasteiger partial charge on any atom is -0.357 e. The molecule has 0 aliphatic heterocycles. The van der Waals surface area contributed by atoms with Crippen molar-refractivity contribution in [2.75, 3.05) is 18.0 Å². The number of hydrogen-bond acceptors (Lipinski definition) is 2. The van der Waals surface area contributed by atoms with Gasteiger partial charge in [-0.3, -0.25) is 9.59 Å². The number of carbonyl (C=O) groups excluding carboxylic acids is 2. The lowest BCUT2D eigenvalue weighted by molar-refractivity contribution is -0.110. The van der Waals surface area contributed by atoms with E-state index in [1.54, 1.807) is 0 Å². The standard InChI is InChI=1S/C10H12N2O2/c13-8-11-6-7-12(9-14)10-4-2-1-3-5-10/h1-5,8-9H,6-7H2,(H,11,13). The lowest BCUT2D eigenvalue weighted by Gasteiger charge is -2.16. The van der Waals surface area contributed by atoms with Gasteiger partial charge in [0.25, 0.3) is 0 Å². The minimum absolute atomic E-state index is 0.455. The maximum Gasteiger partial charge on any atom is 0.214 e. The van der Waals surface area contributed by atoms with E-state index in [4.69, 9.17) is 0 Å². The zero-order valence-corrected chi connectivity index (χ0v) is 7.72. The fraction of sp³-hybridized carbons (Fsp3) is 0.200. The third kappa shape index (κ3) is 2.90. The fourth-order valence-electron chi connectivity index (χ4n) is 1.11. The van der Waals surface area contributed by atoms with Crippen molar-refractivity contribution in [2.24, 2.45) is 0 Å².